The molecule has 0 amide bonds. The number of hydrogen-bond donors (Lipinski definition) is 1. The van der Waals surface area contributed by atoms with Crippen molar-refractivity contribution in [1.82, 2.24) is 9.88 Å². The summed E-state index contributed by atoms with van der Waals surface area (Å²) in [5.41, 5.74) is 8.22. The van der Waals surface area contributed by atoms with E-state index >= 15 is 0 Å². The molecule has 1 saturated heterocycles. The van der Waals surface area contributed by atoms with E-state index in [1.807, 2.05) is 24.4 Å². The first kappa shape index (κ1) is 20.4. The maximum absolute atomic E-state index is 11.2. The molecule has 1 N–H and O–H groups in total. The van der Waals surface area contributed by atoms with Gasteiger partial charge in [-0.25, -0.2) is 0 Å². The molecule has 3 aromatic carbocycles. The Hall–Kier alpha value is -3.01. The first-order chi connectivity index (χ1) is 16.7. The first-order valence-corrected chi connectivity index (χ1v) is 12.7. The first-order valence-electron chi connectivity index (χ1n) is 12.7. The molecule has 2 bridgehead atoms. The number of para-hydroxylation sites is 1. The number of rotatable bonds is 4. The van der Waals surface area contributed by atoms with Gasteiger partial charge in [0.05, 0.1) is 11.6 Å². The fourth-order valence-electron chi connectivity index (χ4n) is 7.14. The van der Waals surface area contributed by atoms with Gasteiger partial charge in [0.2, 0.25) is 0 Å². The van der Waals surface area contributed by atoms with E-state index in [0.29, 0.717) is 5.92 Å². The minimum atomic E-state index is -0.443. The van der Waals surface area contributed by atoms with Crippen LogP contribution in [0, 0.1) is 5.92 Å². The Morgan fingerprint density at radius 3 is 2.26 bits per heavy atom. The van der Waals surface area contributed by atoms with Gasteiger partial charge in [-0.15, -0.1) is 0 Å². The van der Waals surface area contributed by atoms with Gasteiger partial charge >= 0.3 is 0 Å². The Morgan fingerprint density at radius 1 is 0.882 bits per heavy atom. The van der Waals surface area contributed by atoms with Crippen molar-refractivity contribution in [3.63, 3.8) is 0 Å². The average Bonchev–Trinajstić information content (AvgIpc) is 3.41. The van der Waals surface area contributed by atoms with Crippen molar-refractivity contribution in [1.29, 1.82) is 0 Å². The fourth-order valence-corrected chi connectivity index (χ4v) is 7.14. The number of aromatic nitrogens is 1. The van der Waals surface area contributed by atoms with Gasteiger partial charge in [0, 0.05) is 29.5 Å². The van der Waals surface area contributed by atoms with E-state index in [0.717, 1.165) is 48.9 Å². The van der Waals surface area contributed by atoms with Crippen LogP contribution in [0.2, 0.25) is 0 Å². The van der Waals surface area contributed by atoms with Crippen LogP contribution in [-0.2, 0) is 5.41 Å². The third-order valence-electron chi connectivity index (χ3n) is 8.78. The predicted octanol–water partition coefficient (Wildman–Crippen LogP) is 5.82. The third-order valence-corrected chi connectivity index (χ3v) is 8.78. The molecule has 3 nitrogen and oxygen atoms in total. The van der Waals surface area contributed by atoms with Crippen LogP contribution in [0.1, 0.15) is 59.1 Å². The van der Waals surface area contributed by atoms with Crippen LogP contribution >= 0.6 is 0 Å². The number of aliphatic hydroxyl groups excluding tert-OH is 1. The number of nitrogens with zero attached hydrogens (tertiary/aromatic N) is 2. The molecule has 1 atom stereocenters. The SMILES string of the molecule is OC(c1cnc2ccccc2c1)C1CCN(CC23CC(c4ccccc42)c2ccccc23)CC1. The highest BCUT2D eigenvalue weighted by molar-refractivity contribution is 5.78. The smallest absolute Gasteiger partial charge is 0.0834 e. The normalized spacial score (nSPS) is 24.8. The second-order valence-electron chi connectivity index (χ2n) is 10.5. The average molecular weight is 447 g/mol. The van der Waals surface area contributed by atoms with E-state index in [1.165, 1.54) is 17.5 Å². The van der Waals surface area contributed by atoms with Crippen molar-refractivity contribution in [2.75, 3.05) is 19.6 Å². The lowest BCUT2D eigenvalue weighted by molar-refractivity contribution is 0.0539. The van der Waals surface area contributed by atoms with E-state index in [2.05, 4.69) is 70.5 Å². The minimum Gasteiger partial charge on any atom is -0.388 e. The second kappa shape index (κ2) is 7.76. The number of benzene rings is 3. The maximum Gasteiger partial charge on any atom is 0.0834 e. The molecule has 2 aliphatic carbocycles. The topological polar surface area (TPSA) is 36.4 Å². The summed E-state index contributed by atoms with van der Waals surface area (Å²) in [4.78, 5) is 7.23. The van der Waals surface area contributed by atoms with Gasteiger partial charge < -0.3 is 10.0 Å². The predicted molar refractivity (Wildman–Crippen MR) is 136 cm³/mol. The summed E-state index contributed by atoms with van der Waals surface area (Å²) in [6.07, 6.45) is 4.68. The number of pyridine rings is 1. The Balaban J connectivity index is 1.10. The van der Waals surface area contributed by atoms with Gasteiger partial charge in [-0.05, 0) is 78.2 Å². The highest BCUT2D eigenvalue weighted by Crippen LogP contribution is 2.60. The van der Waals surface area contributed by atoms with Crippen molar-refractivity contribution in [2.24, 2.45) is 5.92 Å². The summed E-state index contributed by atoms with van der Waals surface area (Å²) in [5.74, 6) is 0.836. The van der Waals surface area contributed by atoms with Crippen molar-refractivity contribution in [3.05, 3.63) is 113 Å². The highest BCUT2D eigenvalue weighted by atomic mass is 16.3. The van der Waals surface area contributed by atoms with Crippen LogP contribution in [0.3, 0.4) is 0 Å². The highest BCUT2D eigenvalue weighted by Gasteiger charge is 2.53. The molecule has 4 aromatic rings. The summed E-state index contributed by atoms with van der Waals surface area (Å²) in [6, 6.07) is 28.5. The minimum absolute atomic E-state index is 0.117. The molecule has 1 fully saturated rings. The monoisotopic (exact) mass is 446 g/mol. The zero-order valence-electron chi connectivity index (χ0n) is 19.4. The van der Waals surface area contributed by atoms with Crippen LogP contribution in [0.5, 0.6) is 0 Å². The summed E-state index contributed by atoms with van der Waals surface area (Å²) >= 11 is 0. The van der Waals surface area contributed by atoms with E-state index in [-0.39, 0.29) is 11.3 Å². The molecule has 7 rings (SSSR count). The Labute approximate surface area is 201 Å². The molecule has 2 heterocycles. The molecule has 0 saturated carbocycles. The molecule has 0 spiro atoms. The van der Waals surface area contributed by atoms with Crippen LogP contribution in [0.4, 0.5) is 0 Å². The van der Waals surface area contributed by atoms with Gasteiger partial charge in [-0.1, -0.05) is 66.7 Å². The van der Waals surface area contributed by atoms with Crippen molar-refractivity contribution >= 4 is 10.9 Å². The molecule has 1 aromatic heterocycles. The van der Waals surface area contributed by atoms with Crippen LogP contribution < -0.4 is 0 Å². The van der Waals surface area contributed by atoms with Gasteiger partial charge in [-0.3, -0.25) is 4.98 Å². The van der Waals surface area contributed by atoms with Crippen molar-refractivity contribution in [3.8, 4) is 0 Å². The Bertz CT molecular complexity index is 1320. The van der Waals surface area contributed by atoms with E-state index < -0.39 is 6.10 Å². The Kier molecular flexibility index (Phi) is 4.65. The van der Waals surface area contributed by atoms with Crippen LogP contribution in [0.25, 0.3) is 10.9 Å². The van der Waals surface area contributed by atoms with Crippen molar-refractivity contribution in [2.45, 2.75) is 36.7 Å². The zero-order chi connectivity index (χ0) is 22.7. The van der Waals surface area contributed by atoms with Crippen LogP contribution in [0.15, 0.2) is 85.1 Å². The summed E-state index contributed by atoms with van der Waals surface area (Å²) in [6.45, 7) is 3.16. The van der Waals surface area contributed by atoms with Gasteiger partial charge in [0.25, 0.3) is 0 Å². The Morgan fingerprint density at radius 2 is 1.53 bits per heavy atom. The standard InChI is InChI=1S/C31H30N2O/c34-30(23-17-22-7-1-6-12-29(22)32-19-23)21-13-15-33(16-14-21)20-31-18-26(24-8-2-4-10-27(24)31)25-9-3-5-11-28(25)31/h1-12,17,19,21,26,30,34H,13-16,18,20H2. The molecular weight excluding hydrogens is 416 g/mol. The second-order valence-corrected chi connectivity index (χ2v) is 10.5. The zero-order valence-corrected chi connectivity index (χ0v) is 19.4. The molecule has 3 heteroatoms. The number of piperidine rings is 1. The summed E-state index contributed by atoms with van der Waals surface area (Å²) < 4.78 is 0. The summed E-state index contributed by atoms with van der Waals surface area (Å²) in [7, 11) is 0. The van der Waals surface area contributed by atoms with Gasteiger partial charge in [0.1, 0.15) is 0 Å². The fraction of sp³-hybridized carbons (Fsp3) is 0.323. The maximum atomic E-state index is 11.2. The number of aliphatic hydroxyl groups is 1. The molecular formula is C31H30N2O. The van der Waals surface area contributed by atoms with Crippen LogP contribution in [-0.4, -0.2) is 34.6 Å². The number of fused-ring (bicyclic) bond motifs is 9. The lowest BCUT2D eigenvalue weighted by atomic mass is 9.74. The molecule has 1 unspecified atom stereocenters. The molecule has 3 aliphatic rings. The van der Waals surface area contributed by atoms with Crippen molar-refractivity contribution < 1.29 is 5.11 Å². The third kappa shape index (κ3) is 3.00. The molecule has 170 valence electrons. The van der Waals surface area contributed by atoms with E-state index in [1.54, 1.807) is 11.1 Å². The van der Waals surface area contributed by atoms with Gasteiger partial charge in [0.15, 0.2) is 0 Å². The molecule has 1 aliphatic heterocycles. The molecule has 0 radical (unpaired) electrons. The lowest BCUT2D eigenvalue weighted by Crippen LogP contribution is -2.44. The van der Waals surface area contributed by atoms with Gasteiger partial charge in [-0.2, -0.15) is 0 Å². The quantitative estimate of drug-likeness (QED) is 0.429. The van der Waals surface area contributed by atoms with E-state index in [4.69, 9.17) is 0 Å². The van der Waals surface area contributed by atoms with E-state index in [9.17, 15) is 5.11 Å². The lowest BCUT2D eigenvalue weighted by Gasteiger charge is -2.40. The largest absolute Gasteiger partial charge is 0.388 e. The number of hydrogen-bond acceptors (Lipinski definition) is 3. The summed E-state index contributed by atoms with van der Waals surface area (Å²) in [5, 5.41) is 12.3. The number of likely N-dealkylation sites (tertiary alicyclic amines) is 1. The molecule has 34 heavy (non-hydrogen) atoms.